The van der Waals surface area contributed by atoms with Crippen molar-refractivity contribution in [3.63, 3.8) is 0 Å². The maximum absolute atomic E-state index is 12.6. The third kappa shape index (κ3) is 4.24. The second kappa shape index (κ2) is 7.50. The quantitative estimate of drug-likeness (QED) is 0.764. The first-order valence-electron chi connectivity index (χ1n) is 9.98. The van der Waals surface area contributed by atoms with Crippen LogP contribution in [0.25, 0.3) is 0 Å². The lowest BCUT2D eigenvalue weighted by molar-refractivity contribution is -0.159. The molecule has 3 fully saturated rings. The zero-order chi connectivity index (χ0) is 19.9. The van der Waals surface area contributed by atoms with Gasteiger partial charge in [-0.1, -0.05) is 0 Å². The van der Waals surface area contributed by atoms with Gasteiger partial charge in [0, 0.05) is 43.5 Å². The van der Waals surface area contributed by atoms with Crippen molar-refractivity contribution in [1.82, 2.24) is 19.8 Å². The van der Waals surface area contributed by atoms with Crippen molar-refractivity contribution in [2.75, 3.05) is 31.1 Å². The highest BCUT2D eigenvalue weighted by atomic mass is 19.4. The number of carbonyl (C=O) groups excluding carboxylic acids is 1. The number of hydrogen-bond acceptors (Lipinski definition) is 5. The van der Waals surface area contributed by atoms with Gasteiger partial charge < -0.3 is 9.80 Å². The summed E-state index contributed by atoms with van der Waals surface area (Å²) in [5, 5.41) is 0. The molecule has 1 aromatic rings. The topological polar surface area (TPSA) is 52.6 Å². The Bertz CT molecular complexity index is 716. The second-order valence-electron chi connectivity index (χ2n) is 8.10. The van der Waals surface area contributed by atoms with E-state index in [0.717, 1.165) is 55.2 Å². The van der Waals surface area contributed by atoms with Crippen molar-refractivity contribution in [3.05, 3.63) is 18.1 Å². The number of aromatic nitrogens is 2. The number of aryl methyl sites for hydroxylation is 1. The highest BCUT2D eigenvalue weighted by molar-refractivity contribution is 5.84. The molecule has 1 aliphatic carbocycles. The molecule has 0 bridgehead atoms. The molecule has 1 amide bonds. The van der Waals surface area contributed by atoms with Crippen LogP contribution in [0, 0.1) is 6.92 Å². The fourth-order valence-electron chi connectivity index (χ4n) is 4.52. The predicted octanol–water partition coefficient (Wildman–Crippen LogP) is 2.38. The maximum atomic E-state index is 12.6. The molecule has 1 atom stereocenters. The van der Waals surface area contributed by atoms with Gasteiger partial charge in [-0.25, -0.2) is 9.97 Å². The van der Waals surface area contributed by atoms with Gasteiger partial charge in [-0.15, -0.1) is 0 Å². The number of carbonyl (C=O) groups is 1. The summed E-state index contributed by atoms with van der Waals surface area (Å²) in [7, 11) is 0. The van der Waals surface area contributed by atoms with Gasteiger partial charge in [0.1, 0.15) is 18.7 Å². The number of alkyl halides is 3. The Morgan fingerprint density at radius 3 is 2.36 bits per heavy atom. The van der Waals surface area contributed by atoms with Crippen LogP contribution in [-0.2, 0) is 4.79 Å². The number of amides is 1. The first-order valence-corrected chi connectivity index (χ1v) is 9.98. The number of rotatable bonds is 5. The van der Waals surface area contributed by atoms with Crippen LogP contribution in [0.2, 0.25) is 0 Å². The molecule has 1 saturated carbocycles. The molecule has 154 valence electrons. The van der Waals surface area contributed by atoms with Crippen LogP contribution in [0.1, 0.15) is 37.8 Å². The smallest absolute Gasteiger partial charge is 0.350 e. The fraction of sp³-hybridized carbons (Fsp3) is 0.737. The normalized spacial score (nSPS) is 24.8. The van der Waals surface area contributed by atoms with E-state index < -0.39 is 18.8 Å². The van der Waals surface area contributed by atoms with E-state index in [-0.39, 0.29) is 12.5 Å². The maximum Gasteiger partial charge on any atom is 0.406 e. The lowest BCUT2D eigenvalue weighted by Crippen LogP contribution is -2.51. The van der Waals surface area contributed by atoms with Gasteiger partial charge in [0.15, 0.2) is 0 Å². The third-order valence-electron chi connectivity index (χ3n) is 5.97. The van der Waals surface area contributed by atoms with E-state index in [2.05, 4.69) is 19.8 Å². The Morgan fingerprint density at radius 2 is 1.75 bits per heavy atom. The van der Waals surface area contributed by atoms with Crippen LogP contribution in [0.15, 0.2) is 12.4 Å². The first kappa shape index (κ1) is 19.4. The molecular formula is C19H26F3N5O. The molecular weight excluding hydrogens is 371 g/mol. The van der Waals surface area contributed by atoms with Crippen LogP contribution in [-0.4, -0.2) is 76.2 Å². The summed E-state index contributed by atoms with van der Waals surface area (Å²) in [6.07, 6.45) is 1.86. The molecule has 1 aromatic heterocycles. The Morgan fingerprint density at radius 1 is 1.07 bits per heavy atom. The van der Waals surface area contributed by atoms with E-state index >= 15 is 0 Å². The summed E-state index contributed by atoms with van der Waals surface area (Å²) >= 11 is 0. The minimum absolute atomic E-state index is 0.192. The van der Waals surface area contributed by atoms with Crippen molar-refractivity contribution in [2.24, 2.45) is 0 Å². The number of anilines is 1. The molecule has 0 aromatic carbocycles. The van der Waals surface area contributed by atoms with Gasteiger partial charge in [0.25, 0.3) is 0 Å². The van der Waals surface area contributed by atoms with E-state index in [9.17, 15) is 18.0 Å². The van der Waals surface area contributed by atoms with E-state index in [0.29, 0.717) is 18.5 Å². The molecule has 3 heterocycles. The minimum Gasteiger partial charge on any atom is -0.350 e. The van der Waals surface area contributed by atoms with Crippen LogP contribution in [0.4, 0.5) is 19.0 Å². The van der Waals surface area contributed by atoms with Crippen molar-refractivity contribution in [1.29, 1.82) is 0 Å². The van der Waals surface area contributed by atoms with Crippen molar-refractivity contribution < 1.29 is 18.0 Å². The van der Waals surface area contributed by atoms with Crippen molar-refractivity contribution >= 4 is 11.7 Å². The third-order valence-corrected chi connectivity index (χ3v) is 5.97. The summed E-state index contributed by atoms with van der Waals surface area (Å²) < 4.78 is 37.9. The summed E-state index contributed by atoms with van der Waals surface area (Å²) in [6, 6.07) is 2.47. The number of hydrogen-bond donors (Lipinski definition) is 0. The molecule has 2 aliphatic heterocycles. The monoisotopic (exact) mass is 397 g/mol. The molecule has 6 nitrogen and oxygen atoms in total. The average Bonchev–Trinajstić information content (AvgIpc) is 3.40. The number of likely N-dealkylation sites (tertiary alicyclic amines) is 2. The second-order valence-corrected chi connectivity index (χ2v) is 8.10. The van der Waals surface area contributed by atoms with Gasteiger partial charge in [0.2, 0.25) is 5.91 Å². The summed E-state index contributed by atoms with van der Waals surface area (Å²) in [5.41, 5.74) is 0.939. The molecule has 3 aliphatic rings. The lowest BCUT2D eigenvalue weighted by atomic mass is 10.0. The minimum atomic E-state index is -4.34. The fourth-order valence-corrected chi connectivity index (χ4v) is 4.52. The highest BCUT2D eigenvalue weighted by Gasteiger charge is 2.43. The molecule has 0 spiro atoms. The van der Waals surface area contributed by atoms with Crippen LogP contribution in [0.3, 0.4) is 0 Å². The SMILES string of the molecule is Cc1cc(N(C2CC2)C2CCN(C3CCN(CC(F)(F)F)C3=O)CC2)ncn1. The van der Waals surface area contributed by atoms with Crippen LogP contribution >= 0.6 is 0 Å². The van der Waals surface area contributed by atoms with E-state index in [1.54, 1.807) is 6.33 Å². The first-order chi connectivity index (χ1) is 13.3. The summed E-state index contributed by atoms with van der Waals surface area (Å²) in [5.74, 6) is 0.586. The summed E-state index contributed by atoms with van der Waals surface area (Å²) in [6.45, 7) is 2.47. The molecule has 9 heteroatoms. The molecule has 28 heavy (non-hydrogen) atoms. The molecule has 0 N–H and O–H groups in total. The highest BCUT2D eigenvalue weighted by Crippen LogP contribution is 2.36. The standard InChI is InChI=1S/C19H26F3N5O/c1-13-10-17(24-12-23-13)27(14-2-3-14)15-4-7-25(8-5-15)16-6-9-26(18(16)28)11-19(20,21)22/h10,12,14-16H,2-9,11H2,1H3. The van der Waals surface area contributed by atoms with Crippen molar-refractivity contribution in [3.8, 4) is 0 Å². The van der Waals surface area contributed by atoms with Gasteiger partial charge in [-0.2, -0.15) is 13.2 Å². The van der Waals surface area contributed by atoms with Gasteiger partial charge in [-0.05, 0) is 39.0 Å². The Hall–Kier alpha value is -1.90. The van der Waals surface area contributed by atoms with Crippen LogP contribution < -0.4 is 4.90 Å². The van der Waals surface area contributed by atoms with Gasteiger partial charge >= 0.3 is 6.18 Å². The number of nitrogens with zero attached hydrogens (tertiary/aromatic N) is 5. The largest absolute Gasteiger partial charge is 0.406 e. The van der Waals surface area contributed by atoms with Crippen LogP contribution in [0.5, 0.6) is 0 Å². The summed E-state index contributed by atoms with van der Waals surface area (Å²) in [4.78, 5) is 26.5. The lowest BCUT2D eigenvalue weighted by Gasteiger charge is -2.41. The van der Waals surface area contributed by atoms with E-state index in [4.69, 9.17) is 0 Å². The molecule has 2 saturated heterocycles. The Balaban J connectivity index is 1.37. The number of halogens is 3. The predicted molar refractivity (Wildman–Crippen MR) is 97.9 cm³/mol. The molecule has 4 rings (SSSR count). The zero-order valence-corrected chi connectivity index (χ0v) is 16.0. The molecule has 0 radical (unpaired) electrons. The molecule has 1 unspecified atom stereocenters. The Labute approximate surface area is 162 Å². The van der Waals surface area contributed by atoms with Gasteiger partial charge in [0.05, 0.1) is 6.04 Å². The van der Waals surface area contributed by atoms with E-state index in [1.807, 2.05) is 13.0 Å². The Kier molecular flexibility index (Phi) is 5.20. The van der Waals surface area contributed by atoms with Crippen molar-refractivity contribution in [2.45, 2.75) is 63.3 Å². The average molecular weight is 397 g/mol. The van der Waals surface area contributed by atoms with E-state index in [1.165, 1.54) is 0 Å². The zero-order valence-electron chi connectivity index (χ0n) is 16.0. The van der Waals surface area contributed by atoms with Gasteiger partial charge in [-0.3, -0.25) is 9.69 Å². The number of piperidine rings is 1.